The molecule has 2 amide bonds. The molecular formula is C25H17Cl2N3O3. The molecule has 0 aliphatic carbocycles. The van der Waals surface area contributed by atoms with Crippen LogP contribution in [0.4, 0.5) is 0 Å². The van der Waals surface area contributed by atoms with Crippen molar-refractivity contribution >= 4 is 52.0 Å². The third kappa shape index (κ3) is 3.61. The summed E-state index contributed by atoms with van der Waals surface area (Å²) in [6.07, 6.45) is 0.187. The van der Waals surface area contributed by atoms with Gasteiger partial charge in [-0.25, -0.2) is 4.98 Å². The number of aromatic nitrogens is 2. The lowest BCUT2D eigenvalue weighted by atomic mass is 10.1. The van der Waals surface area contributed by atoms with Crippen molar-refractivity contribution in [1.29, 1.82) is 0 Å². The fourth-order valence-electron chi connectivity index (χ4n) is 4.08. The third-order valence-corrected chi connectivity index (χ3v) is 6.39. The van der Waals surface area contributed by atoms with Crippen LogP contribution in [-0.4, -0.2) is 38.7 Å². The van der Waals surface area contributed by atoms with E-state index in [9.17, 15) is 14.4 Å². The first-order valence-corrected chi connectivity index (χ1v) is 11.0. The van der Waals surface area contributed by atoms with Gasteiger partial charge in [0.25, 0.3) is 17.7 Å². The highest BCUT2D eigenvalue weighted by Gasteiger charge is 2.35. The zero-order valence-corrected chi connectivity index (χ0v) is 19.0. The molecule has 0 atom stereocenters. The molecule has 0 unspecified atom stereocenters. The molecular weight excluding hydrogens is 461 g/mol. The van der Waals surface area contributed by atoms with E-state index in [1.807, 2.05) is 19.1 Å². The Morgan fingerprint density at radius 3 is 2.24 bits per heavy atom. The van der Waals surface area contributed by atoms with E-state index in [2.05, 4.69) is 4.98 Å². The zero-order valence-electron chi connectivity index (χ0n) is 17.5. The maximum Gasteiger partial charge on any atom is 0.263 e. The van der Waals surface area contributed by atoms with Crippen molar-refractivity contribution in [2.45, 2.75) is 13.3 Å². The summed E-state index contributed by atoms with van der Waals surface area (Å²) in [6, 6.07) is 17.2. The van der Waals surface area contributed by atoms with E-state index in [0.29, 0.717) is 43.6 Å². The van der Waals surface area contributed by atoms with Crippen LogP contribution in [0.1, 0.15) is 42.5 Å². The number of imide groups is 1. The molecule has 33 heavy (non-hydrogen) atoms. The monoisotopic (exact) mass is 477 g/mol. The lowest BCUT2D eigenvalue weighted by Crippen LogP contribution is -2.32. The van der Waals surface area contributed by atoms with E-state index in [0.717, 1.165) is 5.56 Å². The standard InChI is InChI=1S/C25H17Cl2N3O3/c1-14-5-4-6-15(11-14)23(31)30-21-13-19(27)18(26)12-20(21)28-22(30)9-10-29-24(32)16-7-2-3-8-17(16)25(29)33/h2-8,11-13H,9-10H2,1H3. The van der Waals surface area contributed by atoms with Gasteiger partial charge < -0.3 is 0 Å². The summed E-state index contributed by atoms with van der Waals surface area (Å²) in [5.74, 6) is -0.577. The fraction of sp³-hybridized carbons (Fsp3) is 0.120. The second kappa shape index (κ2) is 8.14. The van der Waals surface area contributed by atoms with Crippen molar-refractivity contribution in [3.63, 3.8) is 0 Å². The Balaban J connectivity index is 1.54. The third-order valence-electron chi connectivity index (χ3n) is 5.67. The minimum atomic E-state index is -0.352. The lowest BCUT2D eigenvalue weighted by molar-refractivity contribution is 0.0655. The number of hydrogen-bond donors (Lipinski definition) is 0. The SMILES string of the molecule is Cc1cccc(C(=O)n2c(CCN3C(=O)c4ccccc4C3=O)nc3cc(Cl)c(Cl)cc32)c1. The Bertz CT molecular complexity index is 1440. The molecule has 2 heterocycles. The average Bonchev–Trinajstić information content (AvgIpc) is 3.26. The first-order chi connectivity index (χ1) is 15.8. The highest BCUT2D eigenvalue weighted by atomic mass is 35.5. The van der Waals surface area contributed by atoms with E-state index in [1.54, 1.807) is 48.5 Å². The molecule has 6 nitrogen and oxygen atoms in total. The zero-order chi connectivity index (χ0) is 23.3. The fourth-order valence-corrected chi connectivity index (χ4v) is 4.39. The Hall–Kier alpha value is -3.48. The number of halogens is 2. The van der Waals surface area contributed by atoms with Crippen LogP contribution >= 0.6 is 23.2 Å². The van der Waals surface area contributed by atoms with Gasteiger partial charge in [0, 0.05) is 18.5 Å². The van der Waals surface area contributed by atoms with E-state index < -0.39 is 0 Å². The summed E-state index contributed by atoms with van der Waals surface area (Å²) in [5.41, 5.74) is 3.20. The highest BCUT2D eigenvalue weighted by Crippen LogP contribution is 2.30. The number of nitrogens with zero attached hydrogens (tertiary/aromatic N) is 3. The van der Waals surface area contributed by atoms with Gasteiger partial charge in [0.05, 0.1) is 32.2 Å². The van der Waals surface area contributed by atoms with E-state index in [4.69, 9.17) is 23.2 Å². The second-order valence-electron chi connectivity index (χ2n) is 7.85. The van der Waals surface area contributed by atoms with Gasteiger partial charge in [-0.3, -0.25) is 23.9 Å². The topological polar surface area (TPSA) is 72.3 Å². The summed E-state index contributed by atoms with van der Waals surface area (Å²) in [7, 11) is 0. The van der Waals surface area contributed by atoms with E-state index in [-0.39, 0.29) is 30.7 Å². The second-order valence-corrected chi connectivity index (χ2v) is 8.67. The molecule has 1 aliphatic rings. The lowest BCUT2D eigenvalue weighted by Gasteiger charge is -2.14. The van der Waals surface area contributed by atoms with Crippen molar-refractivity contribution in [2.24, 2.45) is 0 Å². The van der Waals surface area contributed by atoms with Gasteiger partial charge in [0.2, 0.25) is 0 Å². The van der Waals surface area contributed by atoms with Gasteiger partial charge in [-0.2, -0.15) is 0 Å². The number of benzene rings is 3. The maximum absolute atomic E-state index is 13.5. The predicted octanol–water partition coefficient (Wildman–Crippen LogP) is 5.18. The highest BCUT2D eigenvalue weighted by molar-refractivity contribution is 6.42. The molecule has 5 rings (SSSR count). The van der Waals surface area contributed by atoms with Crippen LogP contribution in [0, 0.1) is 6.92 Å². The molecule has 8 heteroatoms. The number of hydrogen-bond acceptors (Lipinski definition) is 4. The summed E-state index contributed by atoms with van der Waals surface area (Å²) < 4.78 is 1.48. The molecule has 0 saturated carbocycles. The van der Waals surface area contributed by atoms with Crippen LogP contribution in [0.2, 0.25) is 10.0 Å². The molecule has 164 valence electrons. The molecule has 0 radical (unpaired) electrons. The van der Waals surface area contributed by atoms with Crippen LogP contribution in [0.3, 0.4) is 0 Å². The number of carbonyl (C=O) groups is 3. The Morgan fingerprint density at radius 2 is 1.58 bits per heavy atom. The van der Waals surface area contributed by atoms with E-state index >= 15 is 0 Å². The number of amides is 2. The van der Waals surface area contributed by atoms with Gasteiger partial charge in [0.1, 0.15) is 5.82 Å². The van der Waals surface area contributed by atoms with Gasteiger partial charge in [-0.15, -0.1) is 0 Å². The van der Waals surface area contributed by atoms with Crippen LogP contribution in [0.5, 0.6) is 0 Å². The molecule has 1 aliphatic heterocycles. The quantitative estimate of drug-likeness (QED) is 0.379. The van der Waals surface area contributed by atoms with Gasteiger partial charge in [-0.1, -0.05) is 53.0 Å². The number of carbonyl (C=O) groups excluding carboxylic acids is 3. The minimum Gasteiger partial charge on any atom is -0.274 e. The molecule has 0 fully saturated rings. The average molecular weight is 478 g/mol. The number of rotatable bonds is 4. The Labute approximate surface area is 199 Å². The predicted molar refractivity (Wildman–Crippen MR) is 126 cm³/mol. The number of imidazole rings is 1. The largest absolute Gasteiger partial charge is 0.274 e. The molecule has 1 aromatic heterocycles. The van der Waals surface area contributed by atoms with Gasteiger partial charge >= 0.3 is 0 Å². The van der Waals surface area contributed by atoms with Crippen molar-refractivity contribution in [3.8, 4) is 0 Å². The smallest absolute Gasteiger partial charge is 0.263 e. The Kier molecular flexibility index (Phi) is 5.27. The van der Waals surface area contributed by atoms with Crippen LogP contribution in [0.15, 0.2) is 60.7 Å². The van der Waals surface area contributed by atoms with Crippen LogP contribution in [0.25, 0.3) is 11.0 Å². The molecule has 0 spiro atoms. The molecule has 4 aromatic rings. The number of fused-ring (bicyclic) bond motifs is 2. The number of aryl methyl sites for hydroxylation is 1. The first kappa shape index (κ1) is 21.4. The molecule has 0 bridgehead atoms. The minimum absolute atomic E-state index is 0.0816. The maximum atomic E-state index is 13.5. The first-order valence-electron chi connectivity index (χ1n) is 10.3. The summed E-state index contributed by atoms with van der Waals surface area (Å²) >= 11 is 12.4. The molecule has 3 aromatic carbocycles. The molecule has 0 saturated heterocycles. The van der Waals surface area contributed by atoms with Gasteiger partial charge in [-0.05, 0) is 43.3 Å². The van der Waals surface area contributed by atoms with Crippen molar-refractivity contribution in [1.82, 2.24) is 14.5 Å². The van der Waals surface area contributed by atoms with Crippen molar-refractivity contribution in [2.75, 3.05) is 6.54 Å². The Morgan fingerprint density at radius 1 is 0.909 bits per heavy atom. The van der Waals surface area contributed by atoms with E-state index in [1.165, 1.54) is 9.47 Å². The molecule has 0 N–H and O–H groups in total. The summed E-state index contributed by atoms with van der Waals surface area (Å²) in [6.45, 7) is 1.99. The normalized spacial score (nSPS) is 13.1. The van der Waals surface area contributed by atoms with Crippen molar-refractivity contribution in [3.05, 3.63) is 98.8 Å². The van der Waals surface area contributed by atoms with Crippen LogP contribution < -0.4 is 0 Å². The summed E-state index contributed by atoms with van der Waals surface area (Å²) in [5, 5.41) is 0.623. The summed E-state index contributed by atoms with van der Waals surface area (Å²) in [4.78, 5) is 44.8. The van der Waals surface area contributed by atoms with Crippen LogP contribution in [-0.2, 0) is 6.42 Å². The van der Waals surface area contributed by atoms with Crippen molar-refractivity contribution < 1.29 is 14.4 Å². The van der Waals surface area contributed by atoms with Gasteiger partial charge in [0.15, 0.2) is 0 Å².